The van der Waals surface area contributed by atoms with Crippen LogP contribution in [0.25, 0.3) is 10.2 Å². The first-order chi connectivity index (χ1) is 13.8. The molecule has 1 amide bonds. The molecule has 0 aliphatic rings. The lowest BCUT2D eigenvalue weighted by Crippen LogP contribution is -2.22. The first-order valence-corrected chi connectivity index (χ1v) is 9.75. The van der Waals surface area contributed by atoms with E-state index in [2.05, 4.69) is 4.99 Å². The molecule has 3 aromatic rings. The normalized spacial score (nSPS) is 11.6. The van der Waals surface area contributed by atoms with Crippen molar-refractivity contribution in [3.8, 4) is 0 Å². The van der Waals surface area contributed by atoms with E-state index < -0.39 is 16.8 Å². The zero-order valence-electron chi connectivity index (χ0n) is 15.5. The van der Waals surface area contributed by atoms with Gasteiger partial charge >= 0.3 is 5.97 Å². The Bertz CT molecular complexity index is 1200. The number of carbonyl (C=O) groups is 2. The van der Waals surface area contributed by atoms with Crippen LogP contribution in [-0.2, 0) is 22.5 Å². The Morgan fingerprint density at radius 1 is 1.28 bits per heavy atom. The van der Waals surface area contributed by atoms with Crippen LogP contribution in [0.4, 0.5) is 5.69 Å². The number of aryl methyl sites for hydroxylation is 1. The first kappa shape index (κ1) is 20.7. The number of hydrogen-bond donors (Lipinski definition) is 0. The molecule has 29 heavy (non-hydrogen) atoms. The van der Waals surface area contributed by atoms with Gasteiger partial charge in [0.2, 0.25) is 0 Å². The number of amides is 1. The van der Waals surface area contributed by atoms with Gasteiger partial charge in [0, 0.05) is 12.1 Å². The Balaban J connectivity index is 2.17. The second kappa shape index (κ2) is 8.54. The molecule has 1 aromatic heterocycles. The quantitative estimate of drug-likeness (QED) is 0.346. The maximum Gasteiger partial charge on any atom is 0.325 e. The monoisotopic (exact) mass is 433 g/mol. The van der Waals surface area contributed by atoms with Crippen LogP contribution in [0.2, 0.25) is 5.02 Å². The van der Waals surface area contributed by atoms with Gasteiger partial charge in [0.25, 0.3) is 11.6 Å². The zero-order chi connectivity index (χ0) is 21.1. The number of nitro groups is 1. The van der Waals surface area contributed by atoms with Crippen molar-refractivity contribution in [1.29, 1.82) is 0 Å². The number of fused-ring (bicyclic) bond motifs is 1. The highest BCUT2D eigenvalue weighted by Gasteiger charge is 2.17. The molecule has 0 saturated carbocycles. The molecule has 0 aliphatic heterocycles. The molecular formula is C19H16ClN3O5S. The SMILES string of the molecule is CCc1ccc2c(c1)sc(=NC(=O)c1cc([N+](=O)[O-])ccc1Cl)n2CC(=O)OC. The highest BCUT2D eigenvalue weighted by atomic mass is 35.5. The molecule has 1 heterocycles. The van der Waals surface area contributed by atoms with E-state index in [9.17, 15) is 19.7 Å². The summed E-state index contributed by atoms with van der Waals surface area (Å²) in [4.78, 5) is 39.3. The smallest absolute Gasteiger partial charge is 0.325 e. The average molecular weight is 434 g/mol. The van der Waals surface area contributed by atoms with E-state index in [0.29, 0.717) is 0 Å². The number of ether oxygens (including phenoxy) is 1. The third kappa shape index (κ3) is 4.36. The summed E-state index contributed by atoms with van der Waals surface area (Å²) in [6.45, 7) is 1.90. The number of halogens is 1. The number of methoxy groups -OCH3 is 1. The number of thiazole rings is 1. The number of nitrogens with zero attached hydrogens (tertiary/aromatic N) is 3. The van der Waals surface area contributed by atoms with Gasteiger partial charge in [-0.3, -0.25) is 19.7 Å². The van der Waals surface area contributed by atoms with E-state index in [0.717, 1.165) is 28.3 Å². The van der Waals surface area contributed by atoms with Crippen molar-refractivity contribution in [2.75, 3.05) is 7.11 Å². The predicted octanol–water partition coefficient (Wildman–Crippen LogP) is 3.74. The molecule has 0 spiro atoms. The summed E-state index contributed by atoms with van der Waals surface area (Å²) in [7, 11) is 1.28. The van der Waals surface area contributed by atoms with Crippen molar-refractivity contribution in [2.24, 2.45) is 4.99 Å². The van der Waals surface area contributed by atoms with Gasteiger partial charge < -0.3 is 9.30 Å². The number of esters is 1. The van der Waals surface area contributed by atoms with Crippen molar-refractivity contribution in [1.82, 2.24) is 4.57 Å². The van der Waals surface area contributed by atoms with E-state index in [4.69, 9.17) is 16.3 Å². The van der Waals surface area contributed by atoms with Gasteiger partial charge in [0.05, 0.1) is 32.8 Å². The third-order valence-electron chi connectivity index (χ3n) is 4.26. The van der Waals surface area contributed by atoms with Crippen molar-refractivity contribution < 1.29 is 19.2 Å². The Hall–Kier alpha value is -3.04. The maximum atomic E-state index is 12.7. The van der Waals surface area contributed by atoms with E-state index in [1.807, 2.05) is 25.1 Å². The number of nitro benzene ring substituents is 1. The maximum absolute atomic E-state index is 12.7. The van der Waals surface area contributed by atoms with Gasteiger partial charge in [-0.1, -0.05) is 35.9 Å². The molecule has 3 rings (SSSR count). The second-order valence-corrected chi connectivity index (χ2v) is 7.46. The fraction of sp³-hybridized carbons (Fsp3) is 0.211. The van der Waals surface area contributed by atoms with Crippen LogP contribution in [0.15, 0.2) is 41.4 Å². The molecule has 0 fully saturated rings. The number of rotatable bonds is 5. The van der Waals surface area contributed by atoms with Crippen LogP contribution in [0.1, 0.15) is 22.8 Å². The van der Waals surface area contributed by atoms with Crippen molar-refractivity contribution in [3.63, 3.8) is 0 Å². The molecule has 0 unspecified atom stereocenters. The van der Waals surface area contributed by atoms with Gasteiger partial charge in [-0.2, -0.15) is 4.99 Å². The summed E-state index contributed by atoms with van der Waals surface area (Å²) in [5.74, 6) is -1.23. The van der Waals surface area contributed by atoms with Gasteiger partial charge in [0.15, 0.2) is 4.80 Å². The minimum Gasteiger partial charge on any atom is -0.468 e. The number of non-ortho nitro benzene ring substituents is 1. The molecule has 2 aromatic carbocycles. The highest BCUT2D eigenvalue weighted by molar-refractivity contribution is 7.16. The summed E-state index contributed by atoms with van der Waals surface area (Å²) in [6, 6.07) is 9.34. The standard InChI is InChI=1S/C19H16ClN3O5S/c1-3-11-4-7-15-16(8-11)29-19(22(15)10-17(24)28-2)21-18(25)13-9-12(23(26)27)5-6-14(13)20/h4-9H,3,10H2,1-2H3. The van der Waals surface area contributed by atoms with Crippen molar-refractivity contribution in [2.45, 2.75) is 19.9 Å². The Morgan fingerprint density at radius 2 is 2.03 bits per heavy atom. The molecule has 10 heteroatoms. The van der Waals surface area contributed by atoms with Gasteiger partial charge in [-0.05, 0) is 30.2 Å². The third-order valence-corrected chi connectivity index (χ3v) is 5.63. The molecule has 8 nitrogen and oxygen atoms in total. The Kier molecular flexibility index (Phi) is 6.09. The minimum absolute atomic E-state index is 0.0539. The molecule has 150 valence electrons. The summed E-state index contributed by atoms with van der Waals surface area (Å²) in [5.41, 5.74) is 1.48. The van der Waals surface area contributed by atoms with Crippen molar-refractivity contribution >= 4 is 50.7 Å². The Labute approximate surface area is 174 Å². The zero-order valence-corrected chi connectivity index (χ0v) is 17.1. The van der Waals surface area contributed by atoms with Crippen LogP contribution in [0.3, 0.4) is 0 Å². The molecule has 0 atom stereocenters. The summed E-state index contributed by atoms with van der Waals surface area (Å²) in [6.07, 6.45) is 0.833. The van der Waals surface area contributed by atoms with E-state index >= 15 is 0 Å². The fourth-order valence-electron chi connectivity index (χ4n) is 2.71. The van der Waals surface area contributed by atoms with Crippen molar-refractivity contribution in [3.05, 3.63) is 67.5 Å². The highest BCUT2D eigenvalue weighted by Crippen LogP contribution is 2.23. The molecule has 0 radical (unpaired) electrons. The van der Waals surface area contributed by atoms with Gasteiger partial charge in [0.1, 0.15) is 6.54 Å². The molecule has 0 bridgehead atoms. The Morgan fingerprint density at radius 3 is 2.69 bits per heavy atom. The summed E-state index contributed by atoms with van der Waals surface area (Å²) >= 11 is 7.28. The van der Waals surface area contributed by atoms with Gasteiger partial charge in [-0.25, -0.2) is 0 Å². The molecular weight excluding hydrogens is 418 g/mol. The van der Waals surface area contributed by atoms with E-state index in [-0.39, 0.29) is 27.6 Å². The number of hydrogen-bond acceptors (Lipinski definition) is 6. The summed E-state index contributed by atoms with van der Waals surface area (Å²) in [5, 5.41) is 11.1. The van der Waals surface area contributed by atoms with Crippen LogP contribution >= 0.6 is 22.9 Å². The molecule has 0 aliphatic carbocycles. The number of carbonyl (C=O) groups excluding carboxylic acids is 2. The number of aromatic nitrogens is 1. The summed E-state index contributed by atoms with van der Waals surface area (Å²) < 4.78 is 7.17. The number of benzene rings is 2. The molecule has 0 saturated heterocycles. The average Bonchev–Trinajstić information content (AvgIpc) is 3.03. The van der Waals surface area contributed by atoms with Crippen LogP contribution < -0.4 is 4.80 Å². The first-order valence-electron chi connectivity index (χ1n) is 8.56. The van der Waals surface area contributed by atoms with E-state index in [1.54, 1.807) is 4.57 Å². The largest absolute Gasteiger partial charge is 0.468 e. The minimum atomic E-state index is -0.736. The van der Waals surface area contributed by atoms with Crippen LogP contribution in [0.5, 0.6) is 0 Å². The van der Waals surface area contributed by atoms with Gasteiger partial charge in [-0.15, -0.1) is 0 Å². The van der Waals surface area contributed by atoms with Crippen LogP contribution in [-0.4, -0.2) is 28.5 Å². The second-order valence-electron chi connectivity index (χ2n) is 6.04. The lowest BCUT2D eigenvalue weighted by Gasteiger charge is -2.04. The van der Waals surface area contributed by atoms with E-state index in [1.165, 1.54) is 30.6 Å². The predicted molar refractivity (Wildman–Crippen MR) is 109 cm³/mol. The lowest BCUT2D eigenvalue weighted by molar-refractivity contribution is -0.384. The fourth-order valence-corrected chi connectivity index (χ4v) is 4.00. The molecule has 0 N–H and O–H groups in total. The van der Waals surface area contributed by atoms with Crippen LogP contribution in [0, 0.1) is 10.1 Å². The lowest BCUT2D eigenvalue weighted by atomic mass is 10.2. The topological polar surface area (TPSA) is 104 Å².